The van der Waals surface area contributed by atoms with Gasteiger partial charge >= 0.3 is 0 Å². The molecule has 1 atom stereocenters. The van der Waals surface area contributed by atoms with Crippen molar-refractivity contribution in [2.75, 3.05) is 0 Å². The first-order chi connectivity index (χ1) is 12.4. The van der Waals surface area contributed by atoms with Crippen molar-refractivity contribution in [1.82, 2.24) is 14.8 Å². The van der Waals surface area contributed by atoms with Crippen LogP contribution in [0.1, 0.15) is 29.2 Å². The average Bonchev–Trinajstić information content (AvgIpc) is 2.98. The fourth-order valence-corrected chi connectivity index (χ4v) is 3.26. The minimum Gasteiger partial charge on any atom is -0.482 e. The highest BCUT2D eigenvalue weighted by atomic mass is 79.9. The molecule has 1 heterocycles. The van der Waals surface area contributed by atoms with Crippen LogP contribution in [0, 0.1) is 0 Å². The summed E-state index contributed by atoms with van der Waals surface area (Å²) in [5, 5.41) is 9.09. The Morgan fingerprint density at radius 3 is 2.65 bits per heavy atom. The molecule has 3 aromatic rings. The fourth-order valence-electron chi connectivity index (χ4n) is 2.57. The molecule has 0 aliphatic rings. The minimum atomic E-state index is -0.497. The Morgan fingerprint density at radius 2 is 2.00 bits per heavy atom. The third-order valence-corrected chi connectivity index (χ3v) is 4.86. The highest BCUT2D eigenvalue weighted by molar-refractivity contribution is 9.10. The van der Waals surface area contributed by atoms with Crippen LogP contribution in [-0.4, -0.2) is 20.7 Å². The molecule has 3 rings (SSSR count). The first-order valence-corrected chi connectivity index (χ1v) is 8.95. The van der Waals surface area contributed by atoms with Crippen molar-refractivity contribution in [1.29, 1.82) is 0 Å². The zero-order valence-corrected chi connectivity index (χ0v) is 16.5. The number of carbonyl (C=O) groups is 1. The van der Waals surface area contributed by atoms with Crippen LogP contribution in [0.25, 0.3) is 11.4 Å². The van der Waals surface area contributed by atoms with Crippen LogP contribution in [0.3, 0.4) is 0 Å². The van der Waals surface area contributed by atoms with E-state index in [1.54, 1.807) is 18.2 Å². The Labute approximate surface area is 164 Å². The lowest BCUT2D eigenvalue weighted by molar-refractivity contribution is 0.1000. The lowest BCUT2D eigenvalue weighted by atomic mass is 10.2. The molecule has 2 aromatic carbocycles. The average molecular weight is 436 g/mol. The Kier molecular flexibility index (Phi) is 5.29. The zero-order chi connectivity index (χ0) is 18.8. The summed E-state index contributed by atoms with van der Waals surface area (Å²) in [6.45, 7) is 1.87. The van der Waals surface area contributed by atoms with E-state index in [9.17, 15) is 4.79 Å². The Hall–Kier alpha value is -2.38. The van der Waals surface area contributed by atoms with Crippen LogP contribution >= 0.6 is 27.5 Å². The van der Waals surface area contributed by atoms with Crippen molar-refractivity contribution in [2.45, 2.75) is 13.0 Å². The molecule has 1 amide bonds. The molecule has 0 unspecified atom stereocenters. The SMILES string of the molecule is C[C@H](Oc1ccc(C(N)=O)cc1Br)c1nnc(-c2ccccc2Cl)n1C. The molecule has 0 saturated heterocycles. The number of nitrogens with two attached hydrogens (primary N) is 1. The smallest absolute Gasteiger partial charge is 0.248 e. The summed E-state index contributed by atoms with van der Waals surface area (Å²) in [5.74, 6) is 1.38. The van der Waals surface area contributed by atoms with E-state index in [0.717, 1.165) is 5.56 Å². The topological polar surface area (TPSA) is 83.0 Å². The maximum Gasteiger partial charge on any atom is 0.248 e. The zero-order valence-electron chi connectivity index (χ0n) is 14.1. The van der Waals surface area contributed by atoms with Gasteiger partial charge in [-0.2, -0.15) is 0 Å². The summed E-state index contributed by atoms with van der Waals surface area (Å²) in [6.07, 6.45) is -0.375. The number of ether oxygens (including phenoxy) is 1. The summed E-state index contributed by atoms with van der Waals surface area (Å²) >= 11 is 9.65. The van der Waals surface area contributed by atoms with Crippen LogP contribution in [0.15, 0.2) is 46.9 Å². The quantitative estimate of drug-likeness (QED) is 0.653. The molecular weight excluding hydrogens is 420 g/mol. The molecule has 0 fully saturated rings. The van der Waals surface area contributed by atoms with Crippen molar-refractivity contribution in [3.8, 4) is 17.1 Å². The molecule has 0 radical (unpaired) electrons. The van der Waals surface area contributed by atoms with Gasteiger partial charge in [-0.05, 0) is 53.2 Å². The summed E-state index contributed by atoms with van der Waals surface area (Å²) in [4.78, 5) is 11.2. The van der Waals surface area contributed by atoms with Crippen LogP contribution in [0.2, 0.25) is 5.02 Å². The Morgan fingerprint density at radius 1 is 1.27 bits per heavy atom. The van der Waals surface area contributed by atoms with Gasteiger partial charge in [0.1, 0.15) is 5.75 Å². The molecule has 0 aliphatic carbocycles. The second-order valence-electron chi connectivity index (χ2n) is 5.69. The van der Waals surface area contributed by atoms with Crippen molar-refractivity contribution >= 4 is 33.4 Å². The third kappa shape index (κ3) is 3.59. The molecule has 0 aliphatic heterocycles. The van der Waals surface area contributed by atoms with Gasteiger partial charge in [0.15, 0.2) is 17.8 Å². The Bertz CT molecular complexity index is 974. The van der Waals surface area contributed by atoms with Gasteiger partial charge < -0.3 is 15.0 Å². The van der Waals surface area contributed by atoms with Gasteiger partial charge in [-0.15, -0.1) is 10.2 Å². The minimum absolute atomic E-state index is 0.375. The second-order valence-corrected chi connectivity index (χ2v) is 6.95. The summed E-state index contributed by atoms with van der Waals surface area (Å²) < 4.78 is 8.45. The predicted octanol–water partition coefficient (Wildman–Crippen LogP) is 4.14. The Balaban J connectivity index is 1.87. The van der Waals surface area contributed by atoms with E-state index in [-0.39, 0.29) is 6.10 Å². The van der Waals surface area contributed by atoms with E-state index < -0.39 is 5.91 Å². The van der Waals surface area contributed by atoms with E-state index in [2.05, 4.69) is 26.1 Å². The van der Waals surface area contributed by atoms with Crippen LogP contribution in [-0.2, 0) is 7.05 Å². The molecule has 2 N–H and O–H groups in total. The lowest BCUT2D eigenvalue weighted by Crippen LogP contribution is -2.12. The number of halogens is 2. The molecule has 0 spiro atoms. The van der Waals surface area contributed by atoms with Crippen molar-refractivity contribution < 1.29 is 9.53 Å². The number of amides is 1. The van der Waals surface area contributed by atoms with Gasteiger partial charge in [0.25, 0.3) is 0 Å². The van der Waals surface area contributed by atoms with E-state index in [1.165, 1.54) is 0 Å². The first kappa shape index (κ1) is 18.4. The van der Waals surface area contributed by atoms with Gasteiger partial charge in [-0.3, -0.25) is 4.79 Å². The van der Waals surface area contributed by atoms with Gasteiger partial charge in [0.2, 0.25) is 5.91 Å². The lowest BCUT2D eigenvalue weighted by Gasteiger charge is -2.16. The summed E-state index contributed by atoms with van der Waals surface area (Å²) in [5.41, 5.74) is 6.48. The standard InChI is InChI=1S/C18H16BrClN4O2/c1-10(26-15-8-7-11(16(21)25)9-13(15)19)17-22-23-18(24(17)2)12-5-3-4-6-14(12)20/h3-10H,1-2H3,(H2,21,25)/t10-/m0/s1. The van der Waals surface area contributed by atoms with Gasteiger partial charge in [-0.25, -0.2) is 0 Å². The number of benzene rings is 2. The first-order valence-electron chi connectivity index (χ1n) is 7.78. The summed E-state index contributed by atoms with van der Waals surface area (Å²) in [6, 6.07) is 12.4. The van der Waals surface area contributed by atoms with Gasteiger partial charge in [0.05, 0.1) is 9.50 Å². The molecule has 6 nitrogen and oxygen atoms in total. The molecule has 26 heavy (non-hydrogen) atoms. The van der Waals surface area contributed by atoms with Crippen molar-refractivity contribution in [3.63, 3.8) is 0 Å². The number of aromatic nitrogens is 3. The largest absolute Gasteiger partial charge is 0.482 e. The van der Waals surface area contributed by atoms with E-state index >= 15 is 0 Å². The van der Waals surface area contributed by atoms with E-state index in [1.807, 2.05) is 42.8 Å². The summed E-state index contributed by atoms with van der Waals surface area (Å²) in [7, 11) is 1.86. The number of nitrogens with zero attached hydrogens (tertiary/aromatic N) is 3. The number of primary amides is 1. The number of rotatable bonds is 5. The highest BCUT2D eigenvalue weighted by Crippen LogP contribution is 2.31. The molecule has 1 aromatic heterocycles. The van der Waals surface area contributed by atoms with Gasteiger partial charge in [0, 0.05) is 18.2 Å². The molecule has 134 valence electrons. The van der Waals surface area contributed by atoms with Crippen LogP contribution in [0.4, 0.5) is 0 Å². The van der Waals surface area contributed by atoms with Crippen molar-refractivity contribution in [3.05, 3.63) is 63.3 Å². The van der Waals surface area contributed by atoms with Gasteiger partial charge in [-0.1, -0.05) is 23.7 Å². The molecular formula is C18H16BrClN4O2. The highest BCUT2D eigenvalue weighted by Gasteiger charge is 2.20. The van der Waals surface area contributed by atoms with E-state index in [4.69, 9.17) is 22.1 Å². The monoisotopic (exact) mass is 434 g/mol. The maximum absolute atomic E-state index is 11.2. The fraction of sp³-hybridized carbons (Fsp3) is 0.167. The molecule has 0 bridgehead atoms. The van der Waals surface area contributed by atoms with Crippen molar-refractivity contribution in [2.24, 2.45) is 12.8 Å². The van der Waals surface area contributed by atoms with Crippen LogP contribution in [0.5, 0.6) is 5.75 Å². The number of hydrogen-bond acceptors (Lipinski definition) is 4. The number of hydrogen-bond donors (Lipinski definition) is 1. The van der Waals surface area contributed by atoms with E-state index in [0.29, 0.717) is 32.5 Å². The molecule has 8 heteroatoms. The second kappa shape index (κ2) is 7.47. The predicted molar refractivity (Wildman–Crippen MR) is 103 cm³/mol. The normalized spacial score (nSPS) is 12.0. The van der Waals surface area contributed by atoms with Crippen LogP contribution < -0.4 is 10.5 Å². The maximum atomic E-state index is 11.2. The third-order valence-electron chi connectivity index (χ3n) is 3.91. The molecule has 0 saturated carbocycles. The number of carbonyl (C=O) groups excluding carboxylic acids is 1.